The van der Waals surface area contributed by atoms with Crippen molar-refractivity contribution in [1.29, 1.82) is 0 Å². The van der Waals surface area contributed by atoms with Gasteiger partial charge in [-0.05, 0) is 50.6 Å². The minimum Gasteiger partial charge on any atom is -0.428 e. The quantitative estimate of drug-likeness (QED) is 0.617. The Labute approximate surface area is 94.8 Å². The van der Waals surface area contributed by atoms with Gasteiger partial charge in [-0.15, -0.1) is 0 Å². The first-order valence-electron chi connectivity index (χ1n) is 4.92. The van der Waals surface area contributed by atoms with E-state index in [-0.39, 0.29) is 6.61 Å². The molecular formula is C12H15O4. The van der Waals surface area contributed by atoms with E-state index in [0.29, 0.717) is 11.3 Å². The Morgan fingerprint density at radius 1 is 1.44 bits per heavy atom. The molecule has 1 aromatic rings. The maximum Gasteiger partial charge on any atom is 0.514 e. The Kier molecular flexibility index (Phi) is 3.90. The summed E-state index contributed by atoms with van der Waals surface area (Å²) in [5.41, 5.74) is 0.0381. The number of hydrogen-bond donors (Lipinski definition) is 1. The molecule has 1 rings (SSSR count). The van der Waals surface area contributed by atoms with E-state index in [1.807, 2.05) is 0 Å². The average molecular weight is 223 g/mol. The highest BCUT2D eigenvalue weighted by Gasteiger charge is 2.17. The van der Waals surface area contributed by atoms with Crippen LogP contribution in [0.4, 0.5) is 4.79 Å². The topological polar surface area (TPSA) is 55.8 Å². The normalized spacial score (nSPS) is 11.0. The molecule has 87 valence electrons. The summed E-state index contributed by atoms with van der Waals surface area (Å²) < 4.78 is 9.91. The summed E-state index contributed by atoms with van der Waals surface area (Å²) in [6, 6.07) is 7.43. The van der Waals surface area contributed by atoms with Crippen molar-refractivity contribution in [3.8, 4) is 5.75 Å². The van der Waals surface area contributed by atoms with Gasteiger partial charge in [0, 0.05) is 0 Å². The number of carbonyl (C=O) groups excluding carboxylic acids is 1. The average Bonchev–Trinajstić information content (AvgIpc) is 2.15. The molecule has 1 radical (unpaired) electrons. The smallest absolute Gasteiger partial charge is 0.428 e. The summed E-state index contributed by atoms with van der Waals surface area (Å²) in [5, 5.41) is 8.89. The summed E-state index contributed by atoms with van der Waals surface area (Å²) in [5.74, 6) is 0.306. The first-order chi connectivity index (χ1) is 7.40. The Balaban J connectivity index is 2.62. The fourth-order valence-electron chi connectivity index (χ4n) is 1.01. The zero-order valence-corrected chi connectivity index (χ0v) is 9.61. The second-order valence-electron chi connectivity index (χ2n) is 4.30. The SMILES string of the molecule is CC(C)(C)OC(=O)Oc1c[c]cc(CO)c1. The van der Waals surface area contributed by atoms with Crippen molar-refractivity contribution in [3.05, 3.63) is 29.8 Å². The van der Waals surface area contributed by atoms with E-state index in [1.165, 1.54) is 6.07 Å². The zero-order chi connectivity index (χ0) is 12.2. The van der Waals surface area contributed by atoms with Crippen molar-refractivity contribution in [1.82, 2.24) is 0 Å². The van der Waals surface area contributed by atoms with Gasteiger partial charge in [-0.3, -0.25) is 0 Å². The number of rotatable bonds is 2. The van der Waals surface area contributed by atoms with Crippen LogP contribution in [0.15, 0.2) is 18.2 Å². The van der Waals surface area contributed by atoms with Crippen LogP contribution in [0.1, 0.15) is 26.3 Å². The highest BCUT2D eigenvalue weighted by molar-refractivity contribution is 5.64. The maximum absolute atomic E-state index is 11.3. The fraction of sp³-hybridized carbons (Fsp3) is 0.417. The Morgan fingerprint density at radius 3 is 2.69 bits per heavy atom. The number of hydrogen-bond acceptors (Lipinski definition) is 4. The van der Waals surface area contributed by atoms with E-state index in [9.17, 15) is 4.79 Å². The highest BCUT2D eigenvalue weighted by atomic mass is 16.7. The van der Waals surface area contributed by atoms with Gasteiger partial charge in [0.15, 0.2) is 0 Å². The second kappa shape index (κ2) is 4.99. The molecule has 0 aliphatic carbocycles. The number of benzene rings is 1. The van der Waals surface area contributed by atoms with Crippen LogP contribution in [0.3, 0.4) is 0 Å². The number of aliphatic hydroxyl groups is 1. The van der Waals surface area contributed by atoms with Gasteiger partial charge < -0.3 is 14.6 Å². The lowest BCUT2D eigenvalue weighted by atomic mass is 10.2. The molecule has 4 heteroatoms. The van der Waals surface area contributed by atoms with Crippen molar-refractivity contribution < 1.29 is 19.4 Å². The van der Waals surface area contributed by atoms with Crippen LogP contribution in [-0.2, 0) is 11.3 Å². The third kappa shape index (κ3) is 4.31. The number of carbonyl (C=O) groups is 1. The molecule has 0 aromatic heterocycles. The van der Waals surface area contributed by atoms with Gasteiger partial charge in [-0.25, -0.2) is 4.79 Å². The maximum atomic E-state index is 11.3. The van der Waals surface area contributed by atoms with Gasteiger partial charge in [-0.1, -0.05) is 0 Å². The Hall–Kier alpha value is -1.55. The molecule has 0 amide bonds. The number of ether oxygens (including phenoxy) is 2. The van der Waals surface area contributed by atoms with E-state index in [2.05, 4.69) is 6.07 Å². The molecule has 0 saturated carbocycles. The summed E-state index contributed by atoms with van der Waals surface area (Å²) in [6.45, 7) is 5.14. The molecule has 0 aliphatic heterocycles. The minimum absolute atomic E-state index is 0.123. The monoisotopic (exact) mass is 223 g/mol. The zero-order valence-electron chi connectivity index (χ0n) is 9.61. The molecule has 4 nitrogen and oxygen atoms in total. The molecule has 0 fully saturated rings. The lowest BCUT2D eigenvalue weighted by molar-refractivity contribution is 0.0206. The van der Waals surface area contributed by atoms with E-state index in [4.69, 9.17) is 14.6 Å². The van der Waals surface area contributed by atoms with Gasteiger partial charge >= 0.3 is 6.16 Å². The van der Waals surface area contributed by atoms with Crippen molar-refractivity contribution >= 4 is 6.16 Å². The standard InChI is InChI=1S/C12H15O4/c1-12(2,3)16-11(14)15-10-6-4-5-9(7-10)8-13/h5-7,13H,8H2,1-3H3. The molecule has 0 bridgehead atoms. The minimum atomic E-state index is -0.768. The fourth-order valence-corrected chi connectivity index (χ4v) is 1.01. The van der Waals surface area contributed by atoms with Gasteiger partial charge in [-0.2, -0.15) is 0 Å². The second-order valence-corrected chi connectivity index (χ2v) is 4.30. The van der Waals surface area contributed by atoms with Gasteiger partial charge in [0.2, 0.25) is 0 Å². The predicted molar refractivity (Wildman–Crippen MR) is 58.1 cm³/mol. The molecule has 0 atom stereocenters. The molecule has 0 heterocycles. The van der Waals surface area contributed by atoms with Crippen molar-refractivity contribution in [2.45, 2.75) is 33.0 Å². The molecule has 0 aliphatic rings. The highest BCUT2D eigenvalue weighted by Crippen LogP contribution is 2.15. The molecule has 0 spiro atoms. The van der Waals surface area contributed by atoms with Crippen LogP contribution >= 0.6 is 0 Å². The molecule has 1 aromatic carbocycles. The molecular weight excluding hydrogens is 208 g/mol. The van der Waals surface area contributed by atoms with Crippen LogP contribution in [0.25, 0.3) is 0 Å². The molecule has 16 heavy (non-hydrogen) atoms. The van der Waals surface area contributed by atoms with Crippen molar-refractivity contribution in [3.63, 3.8) is 0 Å². The van der Waals surface area contributed by atoms with E-state index < -0.39 is 11.8 Å². The number of aliphatic hydroxyl groups excluding tert-OH is 1. The van der Waals surface area contributed by atoms with Crippen LogP contribution in [-0.4, -0.2) is 16.9 Å². The van der Waals surface area contributed by atoms with E-state index in [0.717, 1.165) is 0 Å². The lowest BCUT2D eigenvalue weighted by Gasteiger charge is -2.18. The van der Waals surface area contributed by atoms with Crippen molar-refractivity contribution in [2.75, 3.05) is 0 Å². The first kappa shape index (κ1) is 12.5. The summed E-state index contributed by atoms with van der Waals surface area (Å²) in [4.78, 5) is 11.3. The van der Waals surface area contributed by atoms with Crippen LogP contribution in [0, 0.1) is 6.07 Å². The third-order valence-electron chi connectivity index (χ3n) is 1.60. The summed E-state index contributed by atoms with van der Waals surface area (Å²) >= 11 is 0. The summed E-state index contributed by atoms with van der Waals surface area (Å²) in [6.07, 6.45) is -0.768. The van der Waals surface area contributed by atoms with Crippen LogP contribution < -0.4 is 4.74 Å². The molecule has 0 unspecified atom stereocenters. The van der Waals surface area contributed by atoms with E-state index in [1.54, 1.807) is 32.9 Å². The Morgan fingerprint density at radius 2 is 2.12 bits per heavy atom. The largest absolute Gasteiger partial charge is 0.514 e. The van der Waals surface area contributed by atoms with Crippen LogP contribution in [0.5, 0.6) is 5.75 Å². The van der Waals surface area contributed by atoms with Gasteiger partial charge in [0.25, 0.3) is 0 Å². The molecule has 1 N–H and O–H groups in total. The van der Waals surface area contributed by atoms with Gasteiger partial charge in [0.05, 0.1) is 6.61 Å². The van der Waals surface area contributed by atoms with E-state index >= 15 is 0 Å². The predicted octanol–water partition coefficient (Wildman–Crippen LogP) is 2.29. The summed E-state index contributed by atoms with van der Waals surface area (Å²) in [7, 11) is 0. The Bertz CT molecular complexity index is 366. The molecule has 0 saturated heterocycles. The van der Waals surface area contributed by atoms with Crippen molar-refractivity contribution in [2.24, 2.45) is 0 Å². The first-order valence-corrected chi connectivity index (χ1v) is 4.92. The van der Waals surface area contributed by atoms with Gasteiger partial charge in [0.1, 0.15) is 11.4 Å². The van der Waals surface area contributed by atoms with Crippen LogP contribution in [0.2, 0.25) is 0 Å². The third-order valence-corrected chi connectivity index (χ3v) is 1.60. The lowest BCUT2D eigenvalue weighted by Crippen LogP contribution is -2.25.